The minimum absolute atomic E-state index is 0.143. The number of likely N-dealkylation sites (N-methyl/N-ethyl adjacent to an activating group) is 1. The van der Waals surface area contributed by atoms with E-state index in [0.717, 1.165) is 22.4 Å². The first-order chi connectivity index (χ1) is 12.1. The maximum Gasteiger partial charge on any atom is 0.240 e. The van der Waals surface area contributed by atoms with Gasteiger partial charge in [-0.05, 0) is 31.7 Å². The molecule has 1 N–H and O–H groups in total. The summed E-state index contributed by atoms with van der Waals surface area (Å²) in [4.78, 5) is 18.2. The molecule has 0 unspecified atom stereocenters. The van der Waals surface area contributed by atoms with Crippen molar-refractivity contribution in [2.45, 2.75) is 13.5 Å². The van der Waals surface area contributed by atoms with Gasteiger partial charge in [0, 0.05) is 30.1 Å². The number of rotatable bonds is 6. The molecule has 6 nitrogen and oxygen atoms in total. The highest BCUT2D eigenvalue weighted by atomic mass is 16.5. The Balaban J connectivity index is 1.61. The van der Waals surface area contributed by atoms with Crippen LogP contribution in [0.25, 0.3) is 11.3 Å². The predicted molar refractivity (Wildman–Crippen MR) is 95.9 cm³/mol. The van der Waals surface area contributed by atoms with Gasteiger partial charge in [-0.3, -0.25) is 20.0 Å². The van der Waals surface area contributed by atoms with Crippen LogP contribution in [0.4, 0.5) is 5.88 Å². The second-order valence-corrected chi connectivity index (χ2v) is 5.93. The fraction of sp³-hybridized carbons (Fsp3) is 0.211. The molecule has 1 aromatic carbocycles. The molecule has 0 aliphatic rings. The van der Waals surface area contributed by atoms with Crippen LogP contribution in [0.5, 0.6) is 0 Å². The average Bonchev–Trinajstić information content (AvgIpc) is 2.97. The number of hydrogen-bond acceptors (Lipinski definition) is 5. The van der Waals surface area contributed by atoms with Crippen molar-refractivity contribution < 1.29 is 9.32 Å². The van der Waals surface area contributed by atoms with Crippen molar-refractivity contribution in [3.63, 3.8) is 0 Å². The summed E-state index contributed by atoms with van der Waals surface area (Å²) in [6, 6.07) is 13.6. The van der Waals surface area contributed by atoms with Crippen molar-refractivity contribution in [1.29, 1.82) is 0 Å². The molecule has 6 heteroatoms. The van der Waals surface area contributed by atoms with E-state index in [9.17, 15) is 4.79 Å². The van der Waals surface area contributed by atoms with Crippen LogP contribution in [0.1, 0.15) is 11.1 Å². The zero-order valence-electron chi connectivity index (χ0n) is 14.3. The van der Waals surface area contributed by atoms with Crippen molar-refractivity contribution in [2.75, 3.05) is 18.9 Å². The van der Waals surface area contributed by atoms with Gasteiger partial charge in [-0.2, -0.15) is 0 Å². The molecule has 0 radical (unpaired) electrons. The summed E-state index contributed by atoms with van der Waals surface area (Å²) < 4.78 is 5.31. The van der Waals surface area contributed by atoms with Crippen molar-refractivity contribution in [1.82, 2.24) is 15.0 Å². The number of aromatic nitrogens is 2. The third-order valence-electron chi connectivity index (χ3n) is 3.84. The fourth-order valence-electron chi connectivity index (χ4n) is 2.58. The molecule has 0 spiro atoms. The minimum atomic E-state index is -0.143. The van der Waals surface area contributed by atoms with Crippen LogP contribution in [0.2, 0.25) is 0 Å². The fourth-order valence-corrected chi connectivity index (χ4v) is 2.58. The first kappa shape index (κ1) is 16.9. The van der Waals surface area contributed by atoms with E-state index in [1.54, 1.807) is 12.4 Å². The zero-order valence-corrected chi connectivity index (χ0v) is 14.3. The number of carbonyl (C=O) groups is 1. The average molecular weight is 336 g/mol. The summed E-state index contributed by atoms with van der Waals surface area (Å²) in [6.07, 6.45) is 3.48. The van der Waals surface area contributed by atoms with Gasteiger partial charge in [0.1, 0.15) is 5.69 Å². The molecule has 0 saturated carbocycles. The van der Waals surface area contributed by atoms with Crippen molar-refractivity contribution in [3.8, 4) is 11.3 Å². The third-order valence-corrected chi connectivity index (χ3v) is 3.84. The SMILES string of the molecule is Cc1c(-c2ccccc2)noc1NC(=O)CN(C)Cc1ccncc1. The smallest absolute Gasteiger partial charge is 0.240 e. The second kappa shape index (κ2) is 7.72. The summed E-state index contributed by atoms with van der Waals surface area (Å²) >= 11 is 0. The summed E-state index contributed by atoms with van der Waals surface area (Å²) in [7, 11) is 1.89. The van der Waals surface area contributed by atoms with Gasteiger partial charge >= 0.3 is 0 Å². The molecule has 0 fully saturated rings. The summed E-state index contributed by atoms with van der Waals surface area (Å²) in [5.41, 5.74) is 3.61. The molecule has 2 heterocycles. The monoisotopic (exact) mass is 336 g/mol. The number of amides is 1. The lowest BCUT2D eigenvalue weighted by atomic mass is 10.1. The number of anilines is 1. The Morgan fingerprint density at radius 3 is 2.60 bits per heavy atom. The van der Waals surface area contributed by atoms with Crippen molar-refractivity contribution in [2.24, 2.45) is 0 Å². The molecule has 2 aromatic heterocycles. The van der Waals surface area contributed by atoms with Crippen molar-refractivity contribution >= 4 is 11.8 Å². The summed E-state index contributed by atoms with van der Waals surface area (Å²) in [6.45, 7) is 2.80. The molecule has 0 aliphatic carbocycles. The quantitative estimate of drug-likeness (QED) is 0.749. The Morgan fingerprint density at radius 1 is 1.16 bits per heavy atom. The van der Waals surface area contributed by atoms with E-state index in [1.165, 1.54) is 0 Å². The van der Waals surface area contributed by atoms with Crippen LogP contribution in [0, 0.1) is 6.92 Å². The Bertz CT molecular complexity index is 831. The van der Waals surface area contributed by atoms with Crippen LogP contribution in [0.15, 0.2) is 59.4 Å². The van der Waals surface area contributed by atoms with Gasteiger partial charge in [0.25, 0.3) is 0 Å². The normalized spacial score (nSPS) is 10.8. The Kier molecular flexibility index (Phi) is 5.20. The van der Waals surface area contributed by atoms with Gasteiger partial charge in [-0.15, -0.1) is 0 Å². The van der Waals surface area contributed by atoms with Gasteiger partial charge in [0.05, 0.1) is 6.54 Å². The number of nitrogens with one attached hydrogen (secondary N) is 1. The molecule has 0 aliphatic heterocycles. The second-order valence-electron chi connectivity index (χ2n) is 5.93. The van der Waals surface area contributed by atoms with Crippen LogP contribution >= 0.6 is 0 Å². The molecule has 0 atom stereocenters. The molecule has 3 rings (SSSR count). The maximum atomic E-state index is 12.3. The molecule has 1 amide bonds. The number of hydrogen-bond donors (Lipinski definition) is 1. The maximum absolute atomic E-state index is 12.3. The minimum Gasteiger partial charge on any atom is -0.338 e. The van der Waals surface area contributed by atoms with Gasteiger partial charge in [0.15, 0.2) is 0 Å². The zero-order chi connectivity index (χ0) is 17.6. The van der Waals surface area contributed by atoms with E-state index in [2.05, 4.69) is 15.5 Å². The summed E-state index contributed by atoms with van der Waals surface area (Å²) in [5, 5.41) is 6.87. The largest absolute Gasteiger partial charge is 0.338 e. The molecule has 0 bridgehead atoms. The van der Waals surface area contributed by atoms with Crippen molar-refractivity contribution in [3.05, 3.63) is 66.0 Å². The predicted octanol–water partition coefficient (Wildman–Crippen LogP) is 3.12. The molecule has 0 saturated heterocycles. The number of benzene rings is 1. The molecule has 128 valence electrons. The topological polar surface area (TPSA) is 71.3 Å². The highest BCUT2D eigenvalue weighted by Gasteiger charge is 2.16. The van der Waals surface area contributed by atoms with Crippen LogP contribution in [-0.2, 0) is 11.3 Å². The number of pyridine rings is 1. The van der Waals surface area contributed by atoms with E-state index >= 15 is 0 Å². The highest BCUT2D eigenvalue weighted by Crippen LogP contribution is 2.27. The lowest BCUT2D eigenvalue weighted by Crippen LogP contribution is -2.29. The molecular weight excluding hydrogens is 316 g/mol. The van der Waals surface area contributed by atoms with E-state index in [1.807, 2.05) is 61.3 Å². The standard InChI is InChI=1S/C19H20N4O2/c1-14-18(16-6-4-3-5-7-16)22-25-19(14)21-17(24)13-23(2)12-15-8-10-20-11-9-15/h3-11H,12-13H2,1-2H3,(H,21,24). The summed E-state index contributed by atoms with van der Waals surface area (Å²) in [5.74, 6) is 0.247. The van der Waals surface area contributed by atoms with Gasteiger partial charge in [-0.25, -0.2) is 0 Å². The van der Waals surface area contributed by atoms with E-state index in [0.29, 0.717) is 12.4 Å². The van der Waals surface area contributed by atoms with Gasteiger partial charge in [-0.1, -0.05) is 35.5 Å². The third kappa shape index (κ3) is 4.30. The van der Waals surface area contributed by atoms with Gasteiger partial charge < -0.3 is 4.52 Å². The van der Waals surface area contributed by atoms with Crippen LogP contribution in [0.3, 0.4) is 0 Å². The lowest BCUT2D eigenvalue weighted by Gasteiger charge is -2.15. The first-order valence-corrected chi connectivity index (χ1v) is 8.02. The van der Waals surface area contributed by atoms with Crippen LogP contribution in [-0.4, -0.2) is 34.5 Å². The van der Waals surface area contributed by atoms with Crippen LogP contribution < -0.4 is 5.32 Å². The molecular formula is C19H20N4O2. The number of carbonyl (C=O) groups excluding carboxylic acids is 1. The van der Waals surface area contributed by atoms with E-state index < -0.39 is 0 Å². The Hall–Kier alpha value is -2.99. The molecule has 3 aromatic rings. The Labute approximate surface area is 146 Å². The Morgan fingerprint density at radius 2 is 1.88 bits per heavy atom. The molecule has 25 heavy (non-hydrogen) atoms. The van der Waals surface area contributed by atoms with E-state index in [4.69, 9.17) is 4.52 Å². The number of nitrogens with zero attached hydrogens (tertiary/aromatic N) is 3. The lowest BCUT2D eigenvalue weighted by molar-refractivity contribution is -0.117. The highest BCUT2D eigenvalue weighted by molar-refractivity contribution is 5.92. The first-order valence-electron chi connectivity index (χ1n) is 8.02. The van der Waals surface area contributed by atoms with Gasteiger partial charge in [0.2, 0.25) is 11.8 Å². The van der Waals surface area contributed by atoms with E-state index in [-0.39, 0.29) is 12.5 Å².